The lowest BCUT2D eigenvalue weighted by Gasteiger charge is -2.36. The molecular formula is C20H25NO6. The molecule has 0 amide bonds. The van der Waals surface area contributed by atoms with Crippen LogP contribution in [0.1, 0.15) is 56.8 Å². The second-order valence-corrected chi connectivity index (χ2v) is 6.25. The van der Waals surface area contributed by atoms with Gasteiger partial charge in [-0.25, -0.2) is 4.79 Å². The summed E-state index contributed by atoms with van der Waals surface area (Å²) in [7, 11) is 0. The molecule has 0 aliphatic carbocycles. The molecule has 0 spiro atoms. The zero-order valence-corrected chi connectivity index (χ0v) is 15.9. The number of esters is 3. The first-order chi connectivity index (χ1) is 12.9. The minimum absolute atomic E-state index is 0.387. The first-order valence-corrected chi connectivity index (χ1v) is 9.21. The first-order valence-electron chi connectivity index (χ1n) is 9.21. The molecule has 1 aromatic rings. The maximum Gasteiger partial charge on any atom is 0.338 e. The van der Waals surface area contributed by atoms with Gasteiger partial charge in [0, 0.05) is 19.1 Å². The topological polar surface area (TPSA) is 91.3 Å². The Balaban J connectivity index is 2.00. The van der Waals surface area contributed by atoms with E-state index in [1.54, 1.807) is 38.1 Å². The van der Waals surface area contributed by atoms with E-state index >= 15 is 0 Å². The van der Waals surface area contributed by atoms with Crippen LogP contribution >= 0.6 is 0 Å². The number of hydrogen-bond acceptors (Lipinski definition) is 7. The fourth-order valence-corrected chi connectivity index (χ4v) is 2.51. The molecule has 0 bridgehead atoms. The molecule has 1 aliphatic heterocycles. The van der Waals surface area contributed by atoms with Gasteiger partial charge in [0.15, 0.2) is 5.92 Å². The number of nitrogens with zero attached hydrogens (tertiary/aromatic N) is 1. The Morgan fingerprint density at radius 3 is 2.22 bits per heavy atom. The summed E-state index contributed by atoms with van der Waals surface area (Å²) in [5.41, 5.74) is 0.903. The number of ether oxygens (including phenoxy) is 3. The zero-order valence-electron chi connectivity index (χ0n) is 15.9. The summed E-state index contributed by atoms with van der Waals surface area (Å²) in [6.07, 6.45) is 3.75. The van der Waals surface area contributed by atoms with E-state index in [0.717, 1.165) is 12.8 Å². The van der Waals surface area contributed by atoms with Crippen LogP contribution < -0.4 is 0 Å². The van der Waals surface area contributed by atoms with E-state index < -0.39 is 29.6 Å². The van der Waals surface area contributed by atoms with Crippen molar-refractivity contribution >= 4 is 29.8 Å². The summed E-state index contributed by atoms with van der Waals surface area (Å²) >= 11 is 0. The summed E-state index contributed by atoms with van der Waals surface area (Å²) in [5, 5.41) is 0. The van der Waals surface area contributed by atoms with Crippen LogP contribution in [0.25, 0.3) is 0 Å². The molecule has 0 aromatic heterocycles. The largest absolute Gasteiger partial charge is 0.462 e. The molecule has 1 aromatic carbocycles. The van der Waals surface area contributed by atoms with Gasteiger partial charge in [0.05, 0.1) is 17.9 Å². The Bertz CT molecular complexity index is 686. The van der Waals surface area contributed by atoms with Gasteiger partial charge in [-0.3, -0.25) is 14.6 Å². The van der Waals surface area contributed by atoms with Crippen LogP contribution in [0.4, 0.5) is 5.69 Å². The number of aliphatic imine (C=N–C) groups is 1. The lowest BCUT2D eigenvalue weighted by Crippen LogP contribution is -2.49. The van der Waals surface area contributed by atoms with Gasteiger partial charge in [0.2, 0.25) is 0 Å². The van der Waals surface area contributed by atoms with Crippen LogP contribution in [0.15, 0.2) is 29.3 Å². The molecule has 0 unspecified atom stereocenters. The summed E-state index contributed by atoms with van der Waals surface area (Å²) in [6, 6.07) is 6.37. The quantitative estimate of drug-likeness (QED) is 0.298. The molecule has 1 saturated heterocycles. The highest BCUT2D eigenvalue weighted by atomic mass is 16.7. The predicted molar refractivity (Wildman–Crippen MR) is 98.8 cm³/mol. The third-order valence-corrected chi connectivity index (χ3v) is 4.37. The Morgan fingerprint density at radius 2 is 1.70 bits per heavy atom. The molecule has 7 heteroatoms. The Morgan fingerprint density at radius 1 is 1.11 bits per heavy atom. The van der Waals surface area contributed by atoms with Crippen molar-refractivity contribution in [2.45, 2.75) is 52.2 Å². The molecule has 27 heavy (non-hydrogen) atoms. The van der Waals surface area contributed by atoms with E-state index in [-0.39, 0.29) is 0 Å². The molecule has 146 valence electrons. The van der Waals surface area contributed by atoms with Gasteiger partial charge >= 0.3 is 17.9 Å². The lowest BCUT2D eigenvalue weighted by atomic mass is 10.1. The Labute approximate surface area is 158 Å². The van der Waals surface area contributed by atoms with Crippen molar-refractivity contribution in [3.05, 3.63) is 29.8 Å². The van der Waals surface area contributed by atoms with Crippen LogP contribution in [0.3, 0.4) is 0 Å². The normalized spacial score (nSPS) is 16.9. The van der Waals surface area contributed by atoms with E-state index in [1.165, 1.54) is 6.21 Å². The van der Waals surface area contributed by atoms with Crippen molar-refractivity contribution in [2.24, 2.45) is 10.9 Å². The van der Waals surface area contributed by atoms with Gasteiger partial charge in [0.1, 0.15) is 0 Å². The molecule has 1 fully saturated rings. The smallest absolute Gasteiger partial charge is 0.338 e. The minimum Gasteiger partial charge on any atom is -0.462 e. The fourth-order valence-electron chi connectivity index (χ4n) is 2.51. The van der Waals surface area contributed by atoms with Crippen molar-refractivity contribution in [2.75, 3.05) is 6.61 Å². The number of rotatable bonds is 8. The van der Waals surface area contributed by atoms with Crippen LogP contribution in [0.2, 0.25) is 0 Å². The third kappa shape index (κ3) is 5.15. The Hall–Kier alpha value is -2.70. The summed E-state index contributed by atoms with van der Waals surface area (Å²) in [4.78, 5) is 40.3. The first kappa shape index (κ1) is 20.6. The summed E-state index contributed by atoms with van der Waals surface area (Å²) in [6.45, 7) is 5.97. The van der Waals surface area contributed by atoms with Crippen molar-refractivity contribution in [1.29, 1.82) is 0 Å². The molecule has 2 rings (SSSR count). The van der Waals surface area contributed by atoms with E-state index in [4.69, 9.17) is 14.2 Å². The van der Waals surface area contributed by atoms with E-state index in [9.17, 15) is 14.4 Å². The molecule has 0 atom stereocenters. The minimum atomic E-state index is -1.20. The standard InChI is InChI=1S/C20H25NO6/c1-4-7-12-25-17(22)14-8-10-15(11-9-14)21-13-16-18(23)26-20(5-2,6-3)27-19(16)24/h8-11,13,16H,4-7,12H2,1-3H3. The number of cyclic esters (lactones) is 2. The average Bonchev–Trinajstić information content (AvgIpc) is 2.67. The second kappa shape index (κ2) is 9.30. The van der Waals surface area contributed by atoms with Gasteiger partial charge in [-0.05, 0) is 30.7 Å². The number of hydrogen-bond donors (Lipinski definition) is 0. The zero-order chi connectivity index (χ0) is 19.9. The molecule has 0 radical (unpaired) electrons. The third-order valence-electron chi connectivity index (χ3n) is 4.37. The summed E-state index contributed by atoms with van der Waals surface area (Å²) < 4.78 is 15.7. The number of benzene rings is 1. The van der Waals surface area contributed by atoms with Gasteiger partial charge in [-0.15, -0.1) is 0 Å². The van der Waals surface area contributed by atoms with Crippen LogP contribution in [-0.4, -0.2) is 36.5 Å². The number of carbonyl (C=O) groups excluding carboxylic acids is 3. The Kier molecular flexibility index (Phi) is 7.10. The monoisotopic (exact) mass is 375 g/mol. The maximum atomic E-state index is 12.2. The highest BCUT2D eigenvalue weighted by molar-refractivity contribution is 6.10. The van der Waals surface area contributed by atoms with E-state index in [2.05, 4.69) is 4.99 Å². The average molecular weight is 375 g/mol. The SMILES string of the molecule is CCCCOC(=O)c1ccc(N=CC2C(=O)OC(CC)(CC)OC2=O)cc1. The van der Waals surface area contributed by atoms with Crippen LogP contribution in [0, 0.1) is 5.92 Å². The highest BCUT2D eigenvalue weighted by Crippen LogP contribution is 2.29. The van der Waals surface area contributed by atoms with Crippen molar-refractivity contribution in [1.82, 2.24) is 0 Å². The predicted octanol–water partition coefficient (Wildman–Crippen LogP) is 3.58. The molecule has 0 N–H and O–H groups in total. The van der Waals surface area contributed by atoms with Gasteiger partial charge in [0.25, 0.3) is 5.79 Å². The summed E-state index contributed by atoms with van der Waals surface area (Å²) in [5.74, 6) is -4.12. The molecule has 1 heterocycles. The van der Waals surface area contributed by atoms with Crippen LogP contribution in [0.5, 0.6) is 0 Å². The molecule has 1 aliphatic rings. The second-order valence-electron chi connectivity index (χ2n) is 6.25. The molecule has 0 saturated carbocycles. The fraction of sp³-hybridized carbons (Fsp3) is 0.500. The van der Waals surface area contributed by atoms with Gasteiger partial charge in [-0.1, -0.05) is 27.2 Å². The lowest BCUT2D eigenvalue weighted by molar-refractivity contribution is -0.250. The van der Waals surface area contributed by atoms with E-state index in [0.29, 0.717) is 30.7 Å². The van der Waals surface area contributed by atoms with Crippen molar-refractivity contribution < 1.29 is 28.6 Å². The maximum absolute atomic E-state index is 12.2. The number of carbonyl (C=O) groups is 3. The molecule has 7 nitrogen and oxygen atoms in total. The number of unbranched alkanes of at least 4 members (excludes halogenated alkanes) is 1. The van der Waals surface area contributed by atoms with Crippen molar-refractivity contribution in [3.8, 4) is 0 Å². The highest BCUT2D eigenvalue weighted by Gasteiger charge is 2.46. The van der Waals surface area contributed by atoms with Gasteiger partial charge in [-0.2, -0.15) is 0 Å². The van der Waals surface area contributed by atoms with Crippen molar-refractivity contribution in [3.63, 3.8) is 0 Å². The van der Waals surface area contributed by atoms with Gasteiger partial charge < -0.3 is 14.2 Å². The molecular weight excluding hydrogens is 350 g/mol. The van der Waals surface area contributed by atoms with E-state index in [1.807, 2.05) is 6.92 Å². The van der Waals surface area contributed by atoms with Crippen LogP contribution in [-0.2, 0) is 23.8 Å².